The summed E-state index contributed by atoms with van der Waals surface area (Å²) in [6.45, 7) is 8.24. The smallest absolute Gasteiger partial charge is 0.168 e. The topological polar surface area (TPSA) is 28.2 Å². The molecule has 0 bridgehead atoms. The summed E-state index contributed by atoms with van der Waals surface area (Å²) in [5.74, 6) is -0.844. The third-order valence-electron chi connectivity index (χ3n) is 3.46. The molecule has 0 amide bonds. The monoisotopic (exact) mass is 269 g/mol. The van der Waals surface area contributed by atoms with Crippen molar-refractivity contribution < 1.29 is 8.78 Å². The molecule has 0 radical (unpaired) electrons. The highest BCUT2D eigenvalue weighted by molar-refractivity contribution is 5.49. The van der Waals surface area contributed by atoms with Crippen LogP contribution in [0.4, 0.5) is 20.4 Å². The highest BCUT2D eigenvalue weighted by Gasteiger charge is 2.29. The molecule has 0 unspecified atom stereocenters. The molecule has 3 nitrogen and oxygen atoms in total. The first-order valence-electron chi connectivity index (χ1n) is 6.78. The van der Waals surface area contributed by atoms with Gasteiger partial charge in [0, 0.05) is 25.7 Å². The van der Waals surface area contributed by atoms with Gasteiger partial charge in [0.25, 0.3) is 0 Å². The Balaban J connectivity index is 2.30. The predicted molar refractivity (Wildman–Crippen MR) is 73.5 cm³/mol. The summed E-state index contributed by atoms with van der Waals surface area (Å²) in [6.07, 6.45) is 2.12. The number of nitrogens with zero attached hydrogens (tertiary/aromatic N) is 2. The number of aromatic nitrogens is 1. The van der Waals surface area contributed by atoms with Crippen LogP contribution >= 0.6 is 0 Å². The fourth-order valence-electron chi connectivity index (χ4n) is 2.57. The van der Waals surface area contributed by atoms with E-state index >= 15 is 0 Å². The lowest BCUT2D eigenvalue weighted by Crippen LogP contribution is -2.41. The molecule has 1 aromatic rings. The lowest BCUT2D eigenvalue weighted by atomic mass is 9.84. The van der Waals surface area contributed by atoms with Crippen molar-refractivity contribution >= 4 is 11.6 Å². The number of hydrogen-bond acceptors (Lipinski definition) is 3. The minimum absolute atomic E-state index is 0.127. The molecule has 0 aromatic carbocycles. The average Bonchev–Trinajstić information content (AvgIpc) is 2.31. The molecule has 0 atom stereocenters. The Hall–Kier alpha value is -1.39. The van der Waals surface area contributed by atoms with Gasteiger partial charge in [-0.1, -0.05) is 13.8 Å². The van der Waals surface area contributed by atoms with Crippen LogP contribution in [-0.2, 0) is 0 Å². The van der Waals surface area contributed by atoms with Crippen molar-refractivity contribution in [2.24, 2.45) is 5.41 Å². The van der Waals surface area contributed by atoms with Gasteiger partial charge in [-0.3, -0.25) is 0 Å². The van der Waals surface area contributed by atoms with Crippen LogP contribution in [0.25, 0.3) is 0 Å². The van der Waals surface area contributed by atoms with E-state index in [4.69, 9.17) is 0 Å². The summed E-state index contributed by atoms with van der Waals surface area (Å²) in [5.41, 5.74) is 0.138. The minimum atomic E-state index is -0.639. The van der Waals surface area contributed by atoms with E-state index in [2.05, 4.69) is 24.1 Å². The maximum absolute atomic E-state index is 13.9. The van der Waals surface area contributed by atoms with Crippen molar-refractivity contribution in [3.05, 3.63) is 17.7 Å². The van der Waals surface area contributed by atoms with Gasteiger partial charge in [0.05, 0.1) is 0 Å². The molecule has 1 aliphatic heterocycles. The number of anilines is 2. The second kappa shape index (κ2) is 5.31. The Bertz CT molecular complexity index is 460. The molecule has 0 aliphatic carbocycles. The normalized spacial score (nSPS) is 18.5. The van der Waals surface area contributed by atoms with Crippen molar-refractivity contribution in [2.75, 3.05) is 29.9 Å². The molecule has 0 spiro atoms. The van der Waals surface area contributed by atoms with Gasteiger partial charge in [0.1, 0.15) is 0 Å². The molecule has 2 heterocycles. The molecule has 0 saturated carbocycles. The Kier molecular flexibility index (Phi) is 3.92. The molecular weight excluding hydrogens is 248 g/mol. The quantitative estimate of drug-likeness (QED) is 0.911. The van der Waals surface area contributed by atoms with Gasteiger partial charge in [0.2, 0.25) is 0 Å². The lowest BCUT2D eigenvalue weighted by Gasteiger charge is -2.38. The fraction of sp³-hybridized carbons (Fsp3) is 0.643. The van der Waals surface area contributed by atoms with Gasteiger partial charge in [0.15, 0.2) is 23.3 Å². The van der Waals surface area contributed by atoms with Crippen molar-refractivity contribution in [1.29, 1.82) is 0 Å². The molecule has 19 heavy (non-hydrogen) atoms. The van der Waals surface area contributed by atoms with E-state index in [9.17, 15) is 8.78 Å². The van der Waals surface area contributed by atoms with Crippen molar-refractivity contribution in [1.82, 2.24) is 4.98 Å². The van der Waals surface area contributed by atoms with Crippen LogP contribution < -0.4 is 10.2 Å². The number of piperidine rings is 1. The Morgan fingerprint density at radius 2 is 2.11 bits per heavy atom. The Morgan fingerprint density at radius 3 is 2.74 bits per heavy atom. The lowest BCUT2D eigenvalue weighted by molar-refractivity contribution is 0.290. The van der Waals surface area contributed by atoms with Crippen molar-refractivity contribution in [2.45, 2.75) is 33.6 Å². The molecule has 1 aliphatic rings. The standard InChI is InChI=1S/C14H21F2N3/c1-4-17-12-10(15)8-11(16)13(18-12)19-7-5-6-14(2,3)9-19/h8H,4-7,9H2,1-3H3,(H,17,18). The van der Waals surface area contributed by atoms with E-state index in [0.29, 0.717) is 6.54 Å². The van der Waals surface area contributed by atoms with Crippen LogP contribution in [0.15, 0.2) is 6.07 Å². The van der Waals surface area contributed by atoms with E-state index in [1.165, 1.54) is 0 Å². The van der Waals surface area contributed by atoms with Crippen molar-refractivity contribution in [3.63, 3.8) is 0 Å². The third-order valence-corrected chi connectivity index (χ3v) is 3.46. The molecule has 5 heteroatoms. The van der Waals surface area contributed by atoms with Gasteiger partial charge < -0.3 is 10.2 Å². The van der Waals surface area contributed by atoms with E-state index in [1.54, 1.807) is 0 Å². The van der Waals surface area contributed by atoms with E-state index in [0.717, 1.165) is 32.0 Å². The maximum Gasteiger partial charge on any atom is 0.168 e. The van der Waals surface area contributed by atoms with E-state index < -0.39 is 11.6 Å². The zero-order valence-corrected chi connectivity index (χ0v) is 11.8. The van der Waals surface area contributed by atoms with Crippen LogP contribution in [0.2, 0.25) is 0 Å². The summed E-state index contributed by atoms with van der Waals surface area (Å²) in [5, 5.41) is 2.82. The molecule has 1 fully saturated rings. The number of hydrogen-bond donors (Lipinski definition) is 1. The largest absolute Gasteiger partial charge is 0.368 e. The molecule has 1 aromatic heterocycles. The molecule has 1 saturated heterocycles. The first-order valence-corrected chi connectivity index (χ1v) is 6.78. The summed E-state index contributed by atoms with van der Waals surface area (Å²) < 4.78 is 27.5. The SMILES string of the molecule is CCNc1nc(N2CCCC(C)(C)C2)c(F)cc1F. The van der Waals surface area contributed by atoms with Crippen LogP contribution in [-0.4, -0.2) is 24.6 Å². The number of pyridine rings is 1. The molecular formula is C14H21F2N3. The second-order valence-electron chi connectivity index (χ2n) is 5.84. The highest BCUT2D eigenvalue weighted by atomic mass is 19.1. The van der Waals surface area contributed by atoms with Crippen LogP contribution in [0.3, 0.4) is 0 Å². The average molecular weight is 269 g/mol. The highest BCUT2D eigenvalue weighted by Crippen LogP contribution is 2.32. The first kappa shape index (κ1) is 14.0. The summed E-state index contributed by atoms with van der Waals surface area (Å²) in [4.78, 5) is 6.03. The molecule has 2 rings (SSSR count). The van der Waals surface area contributed by atoms with Gasteiger partial charge in [-0.15, -0.1) is 0 Å². The summed E-state index contributed by atoms with van der Waals surface area (Å²) in [6, 6.07) is 0.919. The number of nitrogens with one attached hydrogen (secondary N) is 1. The Morgan fingerprint density at radius 1 is 1.37 bits per heavy atom. The van der Waals surface area contributed by atoms with Crippen LogP contribution in [0.5, 0.6) is 0 Å². The summed E-state index contributed by atoms with van der Waals surface area (Å²) >= 11 is 0. The van der Waals surface area contributed by atoms with E-state index in [1.807, 2.05) is 11.8 Å². The minimum Gasteiger partial charge on any atom is -0.368 e. The van der Waals surface area contributed by atoms with Gasteiger partial charge in [-0.05, 0) is 25.2 Å². The van der Waals surface area contributed by atoms with Crippen LogP contribution in [0.1, 0.15) is 33.6 Å². The molecule has 1 N–H and O–H groups in total. The Labute approximate surface area is 113 Å². The number of rotatable bonds is 3. The zero-order valence-electron chi connectivity index (χ0n) is 11.8. The van der Waals surface area contributed by atoms with Crippen LogP contribution in [0, 0.1) is 17.0 Å². The van der Waals surface area contributed by atoms with Gasteiger partial charge in [-0.2, -0.15) is 0 Å². The van der Waals surface area contributed by atoms with E-state index in [-0.39, 0.29) is 17.1 Å². The predicted octanol–water partition coefficient (Wildman–Crippen LogP) is 3.42. The third kappa shape index (κ3) is 3.14. The molecule has 106 valence electrons. The summed E-state index contributed by atoms with van der Waals surface area (Å²) in [7, 11) is 0. The second-order valence-corrected chi connectivity index (χ2v) is 5.84. The zero-order chi connectivity index (χ0) is 14.0. The fourth-order valence-corrected chi connectivity index (χ4v) is 2.57. The number of halogens is 2. The van der Waals surface area contributed by atoms with Gasteiger partial charge >= 0.3 is 0 Å². The van der Waals surface area contributed by atoms with Crippen molar-refractivity contribution in [3.8, 4) is 0 Å². The first-order chi connectivity index (χ1) is 8.93. The maximum atomic E-state index is 13.9. The van der Waals surface area contributed by atoms with Gasteiger partial charge in [-0.25, -0.2) is 13.8 Å².